The molecular weight excluding hydrogens is 269 g/mol. The topological polar surface area (TPSA) is 35.2 Å². The average Bonchev–Trinajstić information content (AvgIpc) is 2.34. The summed E-state index contributed by atoms with van der Waals surface area (Å²) in [6.07, 6.45) is 0. The zero-order valence-corrected chi connectivity index (χ0v) is 11.4. The lowest BCUT2D eigenvalue weighted by Crippen LogP contribution is -1.98. The molecule has 2 N–H and O–H groups in total. The first kappa shape index (κ1) is 13.1. The molecule has 0 heterocycles. The van der Waals surface area contributed by atoms with E-state index in [4.69, 9.17) is 33.7 Å². The van der Waals surface area contributed by atoms with Gasteiger partial charge in [0.1, 0.15) is 12.4 Å². The Morgan fingerprint density at radius 1 is 1.11 bits per heavy atom. The molecule has 0 fully saturated rings. The Labute approximate surface area is 116 Å². The van der Waals surface area contributed by atoms with Crippen molar-refractivity contribution in [2.45, 2.75) is 13.5 Å². The summed E-state index contributed by atoms with van der Waals surface area (Å²) in [6.45, 7) is 2.40. The van der Waals surface area contributed by atoms with Crippen LogP contribution >= 0.6 is 23.2 Å². The van der Waals surface area contributed by atoms with Crippen LogP contribution in [0.25, 0.3) is 0 Å². The van der Waals surface area contributed by atoms with E-state index < -0.39 is 0 Å². The minimum Gasteiger partial charge on any atom is -0.489 e. The molecular formula is C14H13Cl2NO. The quantitative estimate of drug-likeness (QED) is 0.843. The molecule has 0 radical (unpaired) electrons. The molecule has 0 aliphatic rings. The highest BCUT2D eigenvalue weighted by Gasteiger charge is 2.05. The van der Waals surface area contributed by atoms with Gasteiger partial charge in [0, 0.05) is 11.1 Å². The highest BCUT2D eigenvalue weighted by Crippen LogP contribution is 2.29. The number of halogens is 2. The summed E-state index contributed by atoms with van der Waals surface area (Å²) in [5.74, 6) is 0.740. The van der Waals surface area contributed by atoms with Crippen LogP contribution in [0.2, 0.25) is 10.0 Å². The Morgan fingerprint density at radius 3 is 2.44 bits per heavy atom. The lowest BCUT2D eigenvalue weighted by molar-refractivity contribution is 0.304. The predicted octanol–water partition coefficient (Wildman–Crippen LogP) is 4.46. The standard InChI is InChI=1S/C14H13Cl2NO/c1-9-6-13(17)12(16)7-14(9)18-8-10-2-4-11(15)5-3-10/h2-7H,8,17H2,1H3. The first-order valence-corrected chi connectivity index (χ1v) is 6.24. The summed E-state index contributed by atoms with van der Waals surface area (Å²) in [7, 11) is 0. The number of hydrogen-bond acceptors (Lipinski definition) is 2. The van der Waals surface area contributed by atoms with Gasteiger partial charge in [0.2, 0.25) is 0 Å². The summed E-state index contributed by atoms with van der Waals surface area (Å²) < 4.78 is 5.72. The van der Waals surface area contributed by atoms with Crippen LogP contribution < -0.4 is 10.5 Å². The second-order valence-corrected chi connectivity index (χ2v) is 4.90. The van der Waals surface area contributed by atoms with Crippen LogP contribution in [0.3, 0.4) is 0 Å². The van der Waals surface area contributed by atoms with E-state index in [-0.39, 0.29) is 0 Å². The number of anilines is 1. The number of nitrogen functional groups attached to an aromatic ring is 1. The molecule has 0 amide bonds. The van der Waals surface area contributed by atoms with Gasteiger partial charge in [-0.05, 0) is 36.2 Å². The van der Waals surface area contributed by atoms with Crippen LogP contribution in [0.5, 0.6) is 5.75 Å². The molecule has 0 atom stereocenters. The highest BCUT2D eigenvalue weighted by atomic mass is 35.5. The van der Waals surface area contributed by atoms with E-state index in [1.54, 1.807) is 12.1 Å². The van der Waals surface area contributed by atoms with E-state index in [1.807, 2.05) is 31.2 Å². The third-order valence-corrected chi connectivity index (χ3v) is 3.18. The number of ether oxygens (including phenoxy) is 1. The van der Waals surface area contributed by atoms with E-state index in [9.17, 15) is 0 Å². The Bertz CT molecular complexity index is 552. The summed E-state index contributed by atoms with van der Waals surface area (Å²) in [6, 6.07) is 11.1. The lowest BCUT2D eigenvalue weighted by Gasteiger charge is -2.11. The maximum atomic E-state index is 5.97. The van der Waals surface area contributed by atoms with Crippen molar-refractivity contribution in [3.63, 3.8) is 0 Å². The van der Waals surface area contributed by atoms with Gasteiger partial charge in [0.05, 0.1) is 10.7 Å². The van der Waals surface area contributed by atoms with Crippen molar-refractivity contribution in [2.75, 3.05) is 5.73 Å². The van der Waals surface area contributed by atoms with Crippen LogP contribution in [-0.2, 0) is 6.61 Å². The van der Waals surface area contributed by atoms with Gasteiger partial charge in [-0.3, -0.25) is 0 Å². The molecule has 4 heteroatoms. The molecule has 0 aliphatic heterocycles. The Hall–Kier alpha value is -1.38. The summed E-state index contributed by atoms with van der Waals surface area (Å²) >= 11 is 11.8. The van der Waals surface area contributed by atoms with Gasteiger partial charge in [-0.25, -0.2) is 0 Å². The predicted molar refractivity (Wildman–Crippen MR) is 76.4 cm³/mol. The van der Waals surface area contributed by atoms with E-state index in [0.29, 0.717) is 22.3 Å². The fourth-order valence-corrected chi connectivity index (χ4v) is 1.86. The number of rotatable bonds is 3. The fraction of sp³-hybridized carbons (Fsp3) is 0.143. The number of nitrogens with two attached hydrogens (primary N) is 1. The zero-order chi connectivity index (χ0) is 13.1. The van der Waals surface area contributed by atoms with Crippen LogP contribution in [0, 0.1) is 6.92 Å². The number of benzene rings is 2. The smallest absolute Gasteiger partial charge is 0.124 e. The van der Waals surface area contributed by atoms with E-state index in [1.165, 1.54) is 0 Å². The average molecular weight is 282 g/mol. The van der Waals surface area contributed by atoms with Crippen molar-refractivity contribution in [1.29, 1.82) is 0 Å². The third kappa shape index (κ3) is 3.09. The molecule has 0 bridgehead atoms. The Kier molecular flexibility index (Phi) is 4.00. The maximum absolute atomic E-state index is 5.97. The third-order valence-electron chi connectivity index (χ3n) is 2.60. The van der Waals surface area contributed by atoms with Crippen molar-refractivity contribution in [1.82, 2.24) is 0 Å². The molecule has 0 unspecified atom stereocenters. The first-order valence-electron chi connectivity index (χ1n) is 5.49. The molecule has 0 saturated carbocycles. The summed E-state index contributed by atoms with van der Waals surface area (Å²) in [5, 5.41) is 1.22. The van der Waals surface area contributed by atoms with Gasteiger partial charge in [-0.1, -0.05) is 35.3 Å². The fourth-order valence-electron chi connectivity index (χ4n) is 1.58. The van der Waals surface area contributed by atoms with Crippen molar-refractivity contribution in [3.8, 4) is 5.75 Å². The molecule has 2 rings (SSSR count). The molecule has 0 aliphatic carbocycles. The highest BCUT2D eigenvalue weighted by molar-refractivity contribution is 6.33. The van der Waals surface area contributed by atoms with Crippen molar-refractivity contribution >= 4 is 28.9 Å². The van der Waals surface area contributed by atoms with E-state index >= 15 is 0 Å². The molecule has 0 aromatic heterocycles. The monoisotopic (exact) mass is 281 g/mol. The number of aryl methyl sites for hydroxylation is 1. The molecule has 2 aromatic carbocycles. The van der Waals surface area contributed by atoms with Crippen molar-refractivity contribution < 1.29 is 4.74 Å². The summed E-state index contributed by atoms with van der Waals surface area (Å²) in [5.41, 5.74) is 8.29. The summed E-state index contributed by atoms with van der Waals surface area (Å²) in [4.78, 5) is 0. The van der Waals surface area contributed by atoms with Gasteiger partial charge in [0.15, 0.2) is 0 Å². The van der Waals surface area contributed by atoms with Crippen LogP contribution in [0.15, 0.2) is 36.4 Å². The largest absolute Gasteiger partial charge is 0.489 e. The van der Waals surface area contributed by atoms with Gasteiger partial charge in [0.25, 0.3) is 0 Å². The zero-order valence-electron chi connectivity index (χ0n) is 9.91. The van der Waals surface area contributed by atoms with Crippen molar-refractivity contribution in [2.24, 2.45) is 0 Å². The van der Waals surface area contributed by atoms with Gasteiger partial charge < -0.3 is 10.5 Å². The van der Waals surface area contributed by atoms with Crippen LogP contribution in [0.4, 0.5) is 5.69 Å². The Morgan fingerprint density at radius 2 is 1.78 bits per heavy atom. The SMILES string of the molecule is Cc1cc(N)c(Cl)cc1OCc1ccc(Cl)cc1. The lowest BCUT2D eigenvalue weighted by atomic mass is 10.2. The molecule has 0 saturated heterocycles. The molecule has 2 nitrogen and oxygen atoms in total. The van der Waals surface area contributed by atoms with Gasteiger partial charge >= 0.3 is 0 Å². The minimum atomic E-state index is 0.470. The van der Waals surface area contributed by atoms with Crippen LogP contribution in [0.1, 0.15) is 11.1 Å². The van der Waals surface area contributed by atoms with Gasteiger partial charge in [-0.15, -0.1) is 0 Å². The van der Waals surface area contributed by atoms with Crippen LogP contribution in [-0.4, -0.2) is 0 Å². The molecule has 18 heavy (non-hydrogen) atoms. The maximum Gasteiger partial charge on any atom is 0.124 e. The molecule has 2 aromatic rings. The van der Waals surface area contributed by atoms with E-state index in [2.05, 4.69) is 0 Å². The van der Waals surface area contributed by atoms with Gasteiger partial charge in [-0.2, -0.15) is 0 Å². The second kappa shape index (κ2) is 5.51. The minimum absolute atomic E-state index is 0.470. The first-order chi connectivity index (χ1) is 8.56. The normalized spacial score (nSPS) is 10.4. The Balaban J connectivity index is 2.10. The number of hydrogen-bond donors (Lipinski definition) is 1. The second-order valence-electron chi connectivity index (χ2n) is 4.05. The molecule has 94 valence electrons. The van der Waals surface area contributed by atoms with Crippen molar-refractivity contribution in [3.05, 3.63) is 57.6 Å². The van der Waals surface area contributed by atoms with E-state index in [0.717, 1.165) is 16.9 Å². The molecule has 0 spiro atoms.